The zero-order valence-electron chi connectivity index (χ0n) is 9.99. The van der Waals surface area contributed by atoms with Gasteiger partial charge in [0.2, 0.25) is 5.43 Å². The highest BCUT2D eigenvalue weighted by atomic mass is 16.4. The van der Waals surface area contributed by atoms with Crippen LogP contribution in [0.3, 0.4) is 0 Å². The molecule has 0 bridgehead atoms. The van der Waals surface area contributed by atoms with Gasteiger partial charge in [0.15, 0.2) is 0 Å². The highest BCUT2D eigenvalue weighted by Crippen LogP contribution is 2.41. The van der Waals surface area contributed by atoms with E-state index < -0.39 is 11.4 Å². The van der Waals surface area contributed by atoms with Gasteiger partial charge in [-0.2, -0.15) is 0 Å². The molecule has 0 saturated heterocycles. The summed E-state index contributed by atoms with van der Waals surface area (Å²) in [5, 5.41) is 9.45. The molecule has 0 aliphatic heterocycles. The molecular formula is C14H13NO3. The van der Waals surface area contributed by atoms with Gasteiger partial charge in [-0.25, -0.2) is 4.79 Å². The van der Waals surface area contributed by atoms with Crippen LogP contribution in [0.25, 0.3) is 10.9 Å². The number of hydrogen-bond acceptors (Lipinski definition) is 2. The van der Waals surface area contributed by atoms with E-state index in [0.717, 1.165) is 29.5 Å². The largest absolute Gasteiger partial charge is 0.477 e. The van der Waals surface area contributed by atoms with E-state index >= 15 is 0 Å². The number of carboxylic acids is 1. The molecule has 4 nitrogen and oxygen atoms in total. The third-order valence-corrected chi connectivity index (χ3v) is 3.49. The van der Waals surface area contributed by atoms with Gasteiger partial charge in [0.05, 0.1) is 5.52 Å². The average Bonchev–Trinajstić information content (AvgIpc) is 3.13. The van der Waals surface area contributed by atoms with Gasteiger partial charge in [-0.1, -0.05) is 6.07 Å². The summed E-state index contributed by atoms with van der Waals surface area (Å²) in [6.45, 7) is 1.94. The summed E-state index contributed by atoms with van der Waals surface area (Å²) in [6, 6.07) is 3.92. The lowest BCUT2D eigenvalue weighted by molar-refractivity contribution is 0.0695. The predicted molar refractivity (Wildman–Crippen MR) is 68.2 cm³/mol. The van der Waals surface area contributed by atoms with Gasteiger partial charge in [-0.3, -0.25) is 4.79 Å². The molecule has 3 rings (SSSR count). The SMILES string of the molecule is Cc1cc(C2CC2)cc2c(=O)c(C(=O)O)c[nH]c12. The van der Waals surface area contributed by atoms with Crippen molar-refractivity contribution in [1.29, 1.82) is 0 Å². The second-order valence-electron chi connectivity index (χ2n) is 4.87. The minimum absolute atomic E-state index is 0.199. The van der Waals surface area contributed by atoms with E-state index in [1.165, 1.54) is 6.20 Å². The van der Waals surface area contributed by atoms with E-state index in [2.05, 4.69) is 11.1 Å². The van der Waals surface area contributed by atoms with Crippen LogP contribution in [0, 0.1) is 6.92 Å². The number of aromatic amines is 1. The summed E-state index contributed by atoms with van der Waals surface area (Å²) in [5.74, 6) is -0.645. The number of rotatable bonds is 2. The van der Waals surface area contributed by atoms with Crippen molar-refractivity contribution in [1.82, 2.24) is 4.98 Å². The predicted octanol–water partition coefficient (Wildman–Crippen LogP) is 2.41. The van der Waals surface area contributed by atoms with E-state index in [0.29, 0.717) is 11.3 Å². The molecule has 0 atom stereocenters. The molecule has 1 aromatic heterocycles. The van der Waals surface area contributed by atoms with Crippen LogP contribution in [0.1, 0.15) is 40.2 Å². The number of nitrogens with one attached hydrogen (secondary N) is 1. The Morgan fingerprint density at radius 3 is 2.72 bits per heavy atom. The number of aromatic nitrogens is 1. The maximum Gasteiger partial charge on any atom is 0.341 e. The second-order valence-corrected chi connectivity index (χ2v) is 4.87. The number of carbonyl (C=O) groups is 1. The van der Waals surface area contributed by atoms with Gasteiger partial charge in [0, 0.05) is 11.6 Å². The lowest BCUT2D eigenvalue weighted by Gasteiger charge is -2.06. The van der Waals surface area contributed by atoms with Gasteiger partial charge >= 0.3 is 5.97 Å². The Labute approximate surface area is 103 Å². The number of pyridine rings is 1. The maximum atomic E-state index is 12.1. The number of fused-ring (bicyclic) bond motifs is 1. The standard InChI is InChI=1S/C14H13NO3/c1-7-4-9(8-2-3-8)5-10-12(7)15-6-11(13(10)16)14(17)18/h4-6,8H,2-3H2,1H3,(H,15,16)(H,17,18). The lowest BCUT2D eigenvalue weighted by atomic mass is 10.0. The Balaban J connectivity index is 2.34. The first-order chi connectivity index (χ1) is 8.58. The van der Waals surface area contributed by atoms with E-state index in [1.54, 1.807) is 0 Å². The quantitative estimate of drug-likeness (QED) is 0.850. The number of aromatic carboxylic acids is 1. The topological polar surface area (TPSA) is 70.2 Å². The summed E-state index contributed by atoms with van der Waals surface area (Å²) >= 11 is 0. The highest BCUT2D eigenvalue weighted by molar-refractivity contribution is 5.93. The molecule has 1 aliphatic rings. The molecule has 0 radical (unpaired) electrons. The fourth-order valence-electron chi connectivity index (χ4n) is 2.35. The number of carboxylic acid groups (broad SMARTS) is 1. The van der Waals surface area contributed by atoms with Crippen molar-refractivity contribution in [2.75, 3.05) is 0 Å². The smallest absolute Gasteiger partial charge is 0.341 e. The van der Waals surface area contributed by atoms with Crippen LogP contribution in [-0.4, -0.2) is 16.1 Å². The van der Waals surface area contributed by atoms with Crippen molar-refractivity contribution in [3.05, 3.63) is 45.2 Å². The second kappa shape index (κ2) is 3.70. The first-order valence-corrected chi connectivity index (χ1v) is 5.97. The van der Waals surface area contributed by atoms with Gasteiger partial charge in [-0.15, -0.1) is 0 Å². The minimum Gasteiger partial charge on any atom is -0.477 e. The van der Waals surface area contributed by atoms with Crippen molar-refractivity contribution in [2.24, 2.45) is 0 Å². The zero-order valence-corrected chi connectivity index (χ0v) is 9.99. The molecule has 92 valence electrons. The summed E-state index contributed by atoms with van der Waals surface area (Å²) in [4.78, 5) is 26.0. The van der Waals surface area contributed by atoms with Crippen LogP contribution in [0.2, 0.25) is 0 Å². The molecule has 1 aromatic carbocycles. The molecule has 0 unspecified atom stereocenters. The molecule has 1 saturated carbocycles. The molecule has 0 spiro atoms. The number of hydrogen-bond donors (Lipinski definition) is 2. The molecule has 0 amide bonds. The van der Waals surface area contributed by atoms with Crippen LogP contribution in [0.4, 0.5) is 0 Å². The van der Waals surface area contributed by atoms with Crippen molar-refractivity contribution in [3.8, 4) is 0 Å². The van der Waals surface area contributed by atoms with E-state index in [-0.39, 0.29) is 5.56 Å². The highest BCUT2D eigenvalue weighted by Gasteiger charge is 2.24. The van der Waals surface area contributed by atoms with Crippen LogP contribution in [-0.2, 0) is 0 Å². The molecule has 18 heavy (non-hydrogen) atoms. The molecule has 1 heterocycles. The third-order valence-electron chi connectivity index (χ3n) is 3.49. The minimum atomic E-state index is -1.19. The fraction of sp³-hybridized carbons (Fsp3) is 0.286. The Bertz CT molecular complexity index is 711. The van der Waals surface area contributed by atoms with Gasteiger partial charge < -0.3 is 10.1 Å². The van der Waals surface area contributed by atoms with E-state index in [9.17, 15) is 9.59 Å². The monoisotopic (exact) mass is 243 g/mol. The van der Waals surface area contributed by atoms with Crippen LogP contribution >= 0.6 is 0 Å². The number of aryl methyl sites for hydroxylation is 1. The Morgan fingerprint density at radius 2 is 2.11 bits per heavy atom. The Morgan fingerprint density at radius 1 is 1.39 bits per heavy atom. The van der Waals surface area contributed by atoms with Crippen molar-refractivity contribution in [3.63, 3.8) is 0 Å². The molecule has 1 aliphatic carbocycles. The van der Waals surface area contributed by atoms with Gasteiger partial charge in [0.25, 0.3) is 0 Å². The fourth-order valence-corrected chi connectivity index (χ4v) is 2.35. The lowest BCUT2D eigenvalue weighted by Crippen LogP contribution is -2.15. The number of H-pyrrole nitrogens is 1. The summed E-state index contributed by atoms with van der Waals surface area (Å²) in [5.41, 5.74) is 2.27. The molecule has 4 heteroatoms. The average molecular weight is 243 g/mol. The first-order valence-electron chi connectivity index (χ1n) is 5.97. The third kappa shape index (κ3) is 1.61. The van der Waals surface area contributed by atoms with Crippen LogP contribution < -0.4 is 5.43 Å². The zero-order chi connectivity index (χ0) is 12.9. The van der Waals surface area contributed by atoms with Crippen LogP contribution in [0.15, 0.2) is 23.1 Å². The number of benzene rings is 1. The summed E-state index contributed by atoms with van der Waals surface area (Å²) in [6.07, 6.45) is 3.58. The van der Waals surface area contributed by atoms with Crippen molar-refractivity contribution >= 4 is 16.9 Å². The Kier molecular flexibility index (Phi) is 2.26. The first kappa shape index (κ1) is 11.0. The van der Waals surface area contributed by atoms with Crippen molar-refractivity contribution < 1.29 is 9.90 Å². The molecular weight excluding hydrogens is 230 g/mol. The summed E-state index contributed by atoms with van der Waals surface area (Å²) in [7, 11) is 0. The maximum absolute atomic E-state index is 12.1. The van der Waals surface area contributed by atoms with Crippen molar-refractivity contribution in [2.45, 2.75) is 25.7 Å². The van der Waals surface area contributed by atoms with E-state index in [4.69, 9.17) is 5.11 Å². The normalized spacial score (nSPS) is 14.9. The van der Waals surface area contributed by atoms with Crippen LogP contribution in [0.5, 0.6) is 0 Å². The van der Waals surface area contributed by atoms with Gasteiger partial charge in [0.1, 0.15) is 5.56 Å². The molecule has 2 N–H and O–H groups in total. The molecule has 1 fully saturated rings. The summed E-state index contributed by atoms with van der Waals surface area (Å²) < 4.78 is 0. The molecule has 2 aromatic rings. The van der Waals surface area contributed by atoms with Gasteiger partial charge in [-0.05, 0) is 42.9 Å². The Hall–Kier alpha value is -2.10. The van der Waals surface area contributed by atoms with E-state index in [1.807, 2.05) is 13.0 Å².